The first-order chi connectivity index (χ1) is 15.5. The number of alkyl halides is 1. The van der Waals surface area contributed by atoms with Crippen molar-refractivity contribution < 1.29 is 19.1 Å². The van der Waals surface area contributed by atoms with Crippen molar-refractivity contribution in [3.05, 3.63) is 82.2 Å². The van der Waals surface area contributed by atoms with Crippen LogP contribution in [0.5, 0.6) is 0 Å². The maximum Gasteiger partial charge on any atom is 0.276 e. The molecule has 6 nitrogen and oxygen atoms in total. The highest BCUT2D eigenvalue weighted by Crippen LogP contribution is 2.41. The third kappa shape index (κ3) is 3.19. The van der Waals surface area contributed by atoms with E-state index in [4.69, 9.17) is 0 Å². The molecule has 7 heteroatoms. The minimum absolute atomic E-state index is 0.0491. The first-order valence-corrected chi connectivity index (χ1v) is 11.0. The standard InChI is InChI=1S/C25H26FN3O3/c1-16-14-28-22(24(31)23(16)30)25(32)27(13-12-26)15-29(28)21-19-8-4-2-6-17(19)10-11-18-7-3-5-9-20(18)21/h2-9,16,21,31H,10-15H2,1H3. The Bertz CT molecular complexity index is 1070. The first kappa shape index (κ1) is 20.7. The van der Waals surface area contributed by atoms with Gasteiger partial charge in [0.25, 0.3) is 5.91 Å². The van der Waals surface area contributed by atoms with Crippen LogP contribution in [0.2, 0.25) is 0 Å². The monoisotopic (exact) mass is 435 g/mol. The molecule has 1 unspecified atom stereocenters. The molecule has 0 radical (unpaired) electrons. The van der Waals surface area contributed by atoms with Crippen molar-refractivity contribution in [2.24, 2.45) is 5.92 Å². The van der Waals surface area contributed by atoms with Gasteiger partial charge in [0.15, 0.2) is 11.5 Å². The fraction of sp³-hybridized carbons (Fsp3) is 0.360. The van der Waals surface area contributed by atoms with Gasteiger partial charge >= 0.3 is 0 Å². The smallest absolute Gasteiger partial charge is 0.276 e. The van der Waals surface area contributed by atoms with Gasteiger partial charge in [-0.3, -0.25) is 14.6 Å². The Morgan fingerprint density at radius 3 is 2.19 bits per heavy atom. The molecule has 5 rings (SSSR count). The summed E-state index contributed by atoms with van der Waals surface area (Å²) in [6, 6.07) is 16.3. The number of nitrogens with zero attached hydrogens (tertiary/aromatic N) is 3. The fourth-order valence-corrected chi connectivity index (χ4v) is 5.13. The molecule has 1 saturated heterocycles. The van der Waals surface area contributed by atoms with Crippen LogP contribution in [0.3, 0.4) is 0 Å². The zero-order valence-electron chi connectivity index (χ0n) is 18.0. The van der Waals surface area contributed by atoms with Crippen molar-refractivity contribution in [3.8, 4) is 0 Å². The molecule has 1 atom stereocenters. The molecule has 2 heterocycles. The zero-order valence-corrected chi connectivity index (χ0v) is 18.0. The number of benzene rings is 2. The van der Waals surface area contributed by atoms with Crippen molar-refractivity contribution in [2.75, 3.05) is 26.4 Å². The lowest BCUT2D eigenvalue weighted by Gasteiger charge is -2.51. The number of hydrogen-bond donors (Lipinski definition) is 1. The molecule has 1 amide bonds. The third-order valence-corrected chi connectivity index (χ3v) is 6.74. The van der Waals surface area contributed by atoms with Gasteiger partial charge in [-0.1, -0.05) is 55.5 Å². The summed E-state index contributed by atoms with van der Waals surface area (Å²) in [4.78, 5) is 27.0. The van der Waals surface area contributed by atoms with Gasteiger partial charge in [-0.05, 0) is 35.1 Å². The SMILES string of the molecule is CC1CN2C(=C(O)C1=O)C(=O)N(CCF)CN2C1c2ccccc2CCc2ccccc21. The van der Waals surface area contributed by atoms with E-state index in [1.165, 1.54) is 16.0 Å². The molecule has 166 valence electrons. The Labute approximate surface area is 186 Å². The van der Waals surface area contributed by atoms with Gasteiger partial charge in [-0.25, -0.2) is 4.39 Å². The summed E-state index contributed by atoms with van der Waals surface area (Å²) in [5.74, 6) is -1.95. The summed E-state index contributed by atoms with van der Waals surface area (Å²) in [6.07, 6.45) is 1.79. The summed E-state index contributed by atoms with van der Waals surface area (Å²) in [7, 11) is 0. The number of Topliss-reactive ketones (excluding diaryl/α,β-unsaturated/α-hetero) is 1. The van der Waals surface area contributed by atoms with Crippen LogP contribution in [-0.4, -0.2) is 58.1 Å². The van der Waals surface area contributed by atoms with E-state index in [1.807, 2.05) is 29.3 Å². The van der Waals surface area contributed by atoms with Crippen LogP contribution in [0.15, 0.2) is 60.0 Å². The van der Waals surface area contributed by atoms with Gasteiger partial charge in [0, 0.05) is 12.5 Å². The Balaban J connectivity index is 1.71. The molecular formula is C25H26FN3O3. The Kier molecular flexibility index (Phi) is 5.21. The third-order valence-electron chi connectivity index (χ3n) is 6.74. The Morgan fingerprint density at radius 2 is 1.59 bits per heavy atom. The highest BCUT2D eigenvalue weighted by molar-refractivity contribution is 6.05. The number of rotatable bonds is 3. The quantitative estimate of drug-likeness (QED) is 0.803. The van der Waals surface area contributed by atoms with Crippen LogP contribution < -0.4 is 0 Å². The first-order valence-electron chi connectivity index (χ1n) is 11.0. The Hall–Kier alpha value is -3.19. The Morgan fingerprint density at radius 1 is 1.00 bits per heavy atom. The number of allylic oxidation sites excluding steroid dienone is 1. The average Bonchev–Trinajstić information content (AvgIpc) is 2.96. The minimum atomic E-state index is -0.699. The van der Waals surface area contributed by atoms with Crippen molar-refractivity contribution in [2.45, 2.75) is 25.8 Å². The molecule has 0 spiro atoms. The number of aliphatic hydroxyl groups excluding tert-OH is 1. The molecule has 32 heavy (non-hydrogen) atoms. The number of hydrogen-bond acceptors (Lipinski definition) is 5. The maximum atomic E-state index is 13.4. The van der Waals surface area contributed by atoms with Gasteiger partial charge in [-0.2, -0.15) is 5.01 Å². The number of aliphatic hydroxyl groups is 1. The van der Waals surface area contributed by atoms with E-state index >= 15 is 0 Å². The predicted octanol–water partition coefficient (Wildman–Crippen LogP) is 3.15. The van der Waals surface area contributed by atoms with E-state index in [1.54, 1.807) is 11.9 Å². The van der Waals surface area contributed by atoms with Crippen LogP contribution in [0.1, 0.15) is 35.2 Å². The second-order valence-electron chi connectivity index (χ2n) is 8.68. The zero-order chi connectivity index (χ0) is 22.4. The highest BCUT2D eigenvalue weighted by Gasteiger charge is 2.46. The number of amides is 1. The van der Waals surface area contributed by atoms with E-state index in [-0.39, 0.29) is 31.5 Å². The molecule has 1 N–H and O–H groups in total. The van der Waals surface area contributed by atoms with Gasteiger partial charge in [0.05, 0.1) is 19.3 Å². The van der Waals surface area contributed by atoms with Gasteiger partial charge < -0.3 is 10.0 Å². The predicted molar refractivity (Wildman–Crippen MR) is 117 cm³/mol. The molecule has 2 aliphatic heterocycles. The van der Waals surface area contributed by atoms with Gasteiger partial charge in [-0.15, -0.1) is 0 Å². The number of hydrazine groups is 1. The molecule has 0 saturated carbocycles. The number of fused-ring (bicyclic) bond motifs is 3. The van der Waals surface area contributed by atoms with E-state index < -0.39 is 30.0 Å². The van der Waals surface area contributed by atoms with E-state index in [2.05, 4.69) is 24.3 Å². The molecular weight excluding hydrogens is 409 g/mol. The van der Waals surface area contributed by atoms with Crippen molar-refractivity contribution in [1.29, 1.82) is 0 Å². The molecule has 2 aromatic rings. The second-order valence-corrected chi connectivity index (χ2v) is 8.68. The van der Waals surface area contributed by atoms with Crippen LogP contribution >= 0.6 is 0 Å². The van der Waals surface area contributed by atoms with Crippen LogP contribution in [-0.2, 0) is 22.4 Å². The second kappa shape index (κ2) is 8.06. The van der Waals surface area contributed by atoms with E-state index in [0.29, 0.717) is 0 Å². The average molecular weight is 435 g/mol. The number of aryl methyl sites for hydroxylation is 2. The van der Waals surface area contributed by atoms with Gasteiger partial charge in [0.1, 0.15) is 6.67 Å². The van der Waals surface area contributed by atoms with Crippen molar-refractivity contribution in [3.63, 3.8) is 0 Å². The summed E-state index contributed by atoms with van der Waals surface area (Å²) in [6.45, 7) is 1.42. The minimum Gasteiger partial charge on any atom is -0.503 e. The number of halogens is 1. The molecule has 2 aromatic carbocycles. The molecule has 3 aliphatic rings. The number of carbonyl (C=O) groups excluding carboxylic acids is 2. The number of carbonyl (C=O) groups is 2. The highest BCUT2D eigenvalue weighted by atomic mass is 19.1. The van der Waals surface area contributed by atoms with Gasteiger partial charge in [0.2, 0.25) is 5.78 Å². The molecule has 1 fully saturated rings. The fourth-order valence-electron chi connectivity index (χ4n) is 5.13. The van der Waals surface area contributed by atoms with Crippen molar-refractivity contribution >= 4 is 11.7 Å². The summed E-state index contributed by atoms with van der Waals surface area (Å²) in [5, 5.41) is 14.5. The lowest BCUT2D eigenvalue weighted by molar-refractivity contribution is -0.162. The largest absolute Gasteiger partial charge is 0.503 e. The maximum absolute atomic E-state index is 13.4. The molecule has 1 aliphatic carbocycles. The van der Waals surface area contributed by atoms with Crippen LogP contribution in [0.25, 0.3) is 0 Å². The molecule has 0 aromatic heterocycles. The lowest BCUT2D eigenvalue weighted by Crippen LogP contribution is -2.62. The number of ketones is 1. The van der Waals surface area contributed by atoms with E-state index in [9.17, 15) is 19.1 Å². The normalized spacial score (nSPS) is 21.9. The molecule has 0 bridgehead atoms. The van der Waals surface area contributed by atoms with E-state index in [0.717, 1.165) is 24.0 Å². The summed E-state index contributed by atoms with van der Waals surface area (Å²) < 4.78 is 13.4. The lowest BCUT2D eigenvalue weighted by atomic mass is 9.92. The summed E-state index contributed by atoms with van der Waals surface area (Å²) in [5.41, 5.74) is 4.63. The summed E-state index contributed by atoms with van der Waals surface area (Å²) >= 11 is 0. The van der Waals surface area contributed by atoms with Crippen LogP contribution in [0.4, 0.5) is 4.39 Å². The van der Waals surface area contributed by atoms with Crippen LogP contribution in [0, 0.1) is 5.92 Å². The van der Waals surface area contributed by atoms with Crippen molar-refractivity contribution in [1.82, 2.24) is 14.9 Å². The topological polar surface area (TPSA) is 64.1 Å².